The van der Waals surface area contributed by atoms with Gasteiger partial charge in [0.15, 0.2) is 16.7 Å². The fourth-order valence-corrected chi connectivity index (χ4v) is 3.86. The molecule has 1 saturated heterocycles. The van der Waals surface area contributed by atoms with Crippen LogP contribution in [0.25, 0.3) is 6.08 Å². The Kier molecular flexibility index (Phi) is 6.99. The molecule has 5 nitrogen and oxygen atoms in total. The smallest absolute Gasteiger partial charge is 0.266 e. The first-order chi connectivity index (χ1) is 14.0. The highest BCUT2D eigenvalue weighted by atomic mass is 32.2. The van der Waals surface area contributed by atoms with E-state index in [1.807, 2.05) is 50.3 Å². The number of carbonyl (C=O) groups excluding carboxylic acids is 1. The van der Waals surface area contributed by atoms with Gasteiger partial charge in [-0.15, -0.1) is 0 Å². The topological polar surface area (TPSA) is 51.1 Å². The summed E-state index contributed by atoms with van der Waals surface area (Å²) >= 11 is 1.38. The minimum absolute atomic E-state index is 0.0641. The molecular weight excluding hydrogens is 384 g/mol. The summed E-state index contributed by atoms with van der Waals surface area (Å²) in [5, 5.41) is 0.668. The maximum atomic E-state index is 12.7. The van der Waals surface area contributed by atoms with Crippen LogP contribution in [-0.2, 0) is 11.2 Å². The molecule has 0 unspecified atom stereocenters. The Morgan fingerprint density at radius 3 is 2.34 bits per heavy atom. The molecule has 0 aliphatic carbocycles. The van der Waals surface area contributed by atoms with E-state index >= 15 is 0 Å². The molecular formula is C23H26N2O3S. The predicted octanol–water partition coefficient (Wildman–Crippen LogP) is 5.28. The minimum atomic E-state index is -0.0641. The van der Waals surface area contributed by atoms with Crippen molar-refractivity contribution in [2.45, 2.75) is 27.2 Å². The molecule has 29 heavy (non-hydrogen) atoms. The number of carbonyl (C=O) groups is 1. The summed E-state index contributed by atoms with van der Waals surface area (Å²) in [4.78, 5) is 19.5. The quantitative estimate of drug-likeness (QED) is 0.583. The SMILES string of the molecule is CCOc1ccc(C=C2SC(=Nc3ccc(CC)cc3)N(C)C2=O)cc1OCC. The molecule has 0 bridgehead atoms. The van der Waals surface area contributed by atoms with Crippen molar-refractivity contribution >= 4 is 34.6 Å². The molecule has 0 radical (unpaired) electrons. The van der Waals surface area contributed by atoms with Crippen LogP contribution < -0.4 is 9.47 Å². The summed E-state index contributed by atoms with van der Waals surface area (Å²) in [6.45, 7) is 7.10. The van der Waals surface area contributed by atoms with Crippen molar-refractivity contribution in [3.63, 3.8) is 0 Å². The number of aliphatic imine (C=N–C) groups is 1. The van der Waals surface area contributed by atoms with E-state index in [4.69, 9.17) is 9.47 Å². The third-order valence-electron chi connectivity index (χ3n) is 4.44. The van der Waals surface area contributed by atoms with Crippen LogP contribution in [0.5, 0.6) is 11.5 Å². The van der Waals surface area contributed by atoms with Crippen molar-refractivity contribution in [3.05, 3.63) is 58.5 Å². The van der Waals surface area contributed by atoms with Gasteiger partial charge in [0.05, 0.1) is 23.8 Å². The Balaban J connectivity index is 1.85. The number of hydrogen-bond acceptors (Lipinski definition) is 5. The van der Waals surface area contributed by atoms with Crippen molar-refractivity contribution in [2.75, 3.05) is 20.3 Å². The first kappa shape index (κ1) is 21.0. The molecule has 0 atom stereocenters. The summed E-state index contributed by atoms with van der Waals surface area (Å²) in [6.07, 6.45) is 2.85. The van der Waals surface area contributed by atoms with Gasteiger partial charge in [-0.1, -0.05) is 25.1 Å². The number of ether oxygens (including phenoxy) is 2. The number of aryl methyl sites for hydroxylation is 1. The Bertz CT molecular complexity index is 936. The Morgan fingerprint density at radius 1 is 1.00 bits per heavy atom. The first-order valence-corrected chi connectivity index (χ1v) is 10.6. The average molecular weight is 411 g/mol. The number of amidine groups is 1. The van der Waals surface area contributed by atoms with Gasteiger partial charge in [-0.2, -0.15) is 0 Å². The summed E-state index contributed by atoms with van der Waals surface area (Å²) in [5.74, 6) is 1.32. The zero-order chi connectivity index (χ0) is 20.8. The van der Waals surface area contributed by atoms with Gasteiger partial charge < -0.3 is 9.47 Å². The fraction of sp³-hybridized carbons (Fsp3) is 0.304. The molecule has 1 fully saturated rings. The molecule has 2 aromatic carbocycles. The van der Waals surface area contributed by atoms with E-state index in [9.17, 15) is 4.79 Å². The van der Waals surface area contributed by atoms with Gasteiger partial charge in [-0.3, -0.25) is 9.69 Å². The van der Waals surface area contributed by atoms with E-state index in [2.05, 4.69) is 24.0 Å². The maximum absolute atomic E-state index is 12.7. The van der Waals surface area contributed by atoms with Crippen LogP contribution in [0, 0.1) is 0 Å². The highest BCUT2D eigenvalue weighted by Crippen LogP contribution is 2.35. The molecule has 0 spiro atoms. The average Bonchev–Trinajstić information content (AvgIpc) is 2.98. The Labute approximate surface area is 176 Å². The van der Waals surface area contributed by atoms with Crippen molar-refractivity contribution in [3.8, 4) is 11.5 Å². The van der Waals surface area contributed by atoms with Crippen molar-refractivity contribution in [1.29, 1.82) is 0 Å². The third kappa shape index (κ3) is 5.01. The van der Waals surface area contributed by atoms with E-state index < -0.39 is 0 Å². The number of thioether (sulfide) groups is 1. The second kappa shape index (κ2) is 9.65. The lowest BCUT2D eigenvalue weighted by molar-refractivity contribution is -0.121. The zero-order valence-corrected chi connectivity index (χ0v) is 18.1. The Morgan fingerprint density at radius 2 is 1.69 bits per heavy atom. The number of rotatable bonds is 7. The number of benzene rings is 2. The molecule has 6 heteroatoms. The zero-order valence-electron chi connectivity index (χ0n) is 17.3. The van der Waals surface area contributed by atoms with E-state index in [-0.39, 0.29) is 5.91 Å². The molecule has 1 aliphatic rings. The van der Waals surface area contributed by atoms with Gasteiger partial charge in [0.2, 0.25) is 0 Å². The number of nitrogens with zero attached hydrogens (tertiary/aromatic N) is 2. The summed E-state index contributed by atoms with van der Waals surface area (Å²) in [6, 6.07) is 13.8. The van der Waals surface area contributed by atoms with Gasteiger partial charge >= 0.3 is 0 Å². The predicted molar refractivity (Wildman–Crippen MR) is 120 cm³/mol. The van der Waals surface area contributed by atoms with Crippen LogP contribution in [0.4, 0.5) is 5.69 Å². The molecule has 152 valence electrons. The van der Waals surface area contributed by atoms with Crippen LogP contribution >= 0.6 is 11.8 Å². The molecule has 0 N–H and O–H groups in total. The molecule has 2 aromatic rings. The van der Waals surface area contributed by atoms with Crippen molar-refractivity contribution in [1.82, 2.24) is 4.90 Å². The van der Waals surface area contributed by atoms with Gasteiger partial charge in [0.1, 0.15) is 0 Å². The van der Waals surface area contributed by atoms with Gasteiger partial charge in [0.25, 0.3) is 5.91 Å². The van der Waals surface area contributed by atoms with Crippen LogP contribution in [0.3, 0.4) is 0 Å². The molecule has 3 rings (SSSR count). The largest absolute Gasteiger partial charge is 0.490 e. The number of hydrogen-bond donors (Lipinski definition) is 0. The first-order valence-electron chi connectivity index (χ1n) is 9.80. The van der Waals surface area contributed by atoms with Gasteiger partial charge in [-0.05, 0) is 73.5 Å². The number of likely N-dealkylation sites (N-methyl/N-ethyl adjacent to an activating group) is 1. The Hall–Kier alpha value is -2.73. The van der Waals surface area contributed by atoms with Gasteiger partial charge in [-0.25, -0.2) is 4.99 Å². The van der Waals surface area contributed by atoms with E-state index in [1.54, 1.807) is 11.9 Å². The van der Waals surface area contributed by atoms with Crippen molar-refractivity contribution < 1.29 is 14.3 Å². The standard InChI is InChI=1S/C23H26N2O3S/c1-5-16-8-11-18(12-9-16)24-23-25(4)22(26)21(29-23)15-17-10-13-19(27-6-2)20(14-17)28-7-3/h8-15H,5-7H2,1-4H3. The van der Waals surface area contributed by atoms with E-state index in [0.717, 1.165) is 17.7 Å². The van der Waals surface area contributed by atoms with E-state index in [0.29, 0.717) is 34.8 Å². The van der Waals surface area contributed by atoms with Crippen LogP contribution in [0.2, 0.25) is 0 Å². The second-order valence-electron chi connectivity index (χ2n) is 6.46. The summed E-state index contributed by atoms with van der Waals surface area (Å²) in [7, 11) is 1.75. The molecule has 1 heterocycles. The molecule has 0 saturated carbocycles. The maximum Gasteiger partial charge on any atom is 0.266 e. The van der Waals surface area contributed by atoms with Crippen LogP contribution in [0.15, 0.2) is 52.4 Å². The second-order valence-corrected chi connectivity index (χ2v) is 7.47. The normalized spacial score (nSPS) is 16.7. The fourth-order valence-electron chi connectivity index (χ4n) is 2.88. The van der Waals surface area contributed by atoms with Crippen LogP contribution in [0.1, 0.15) is 31.9 Å². The summed E-state index contributed by atoms with van der Waals surface area (Å²) < 4.78 is 11.3. The van der Waals surface area contributed by atoms with Crippen LogP contribution in [-0.4, -0.2) is 36.2 Å². The lowest BCUT2D eigenvalue weighted by Crippen LogP contribution is -2.23. The minimum Gasteiger partial charge on any atom is -0.490 e. The molecule has 1 amide bonds. The highest BCUT2D eigenvalue weighted by molar-refractivity contribution is 8.18. The highest BCUT2D eigenvalue weighted by Gasteiger charge is 2.30. The lowest BCUT2D eigenvalue weighted by Gasteiger charge is -2.11. The monoisotopic (exact) mass is 410 g/mol. The summed E-state index contributed by atoms with van der Waals surface area (Å²) in [5.41, 5.74) is 2.98. The van der Waals surface area contributed by atoms with Crippen molar-refractivity contribution in [2.24, 2.45) is 4.99 Å². The lowest BCUT2D eigenvalue weighted by atomic mass is 10.1. The number of amides is 1. The van der Waals surface area contributed by atoms with Gasteiger partial charge in [0, 0.05) is 7.05 Å². The van der Waals surface area contributed by atoms with E-state index in [1.165, 1.54) is 17.3 Å². The molecule has 1 aliphatic heterocycles. The molecule has 0 aromatic heterocycles. The third-order valence-corrected chi connectivity index (χ3v) is 5.50.